The number of nitrogens with one attached hydrogen (secondary N) is 1. The van der Waals surface area contributed by atoms with Crippen molar-refractivity contribution in [3.05, 3.63) is 90.3 Å². The average Bonchev–Trinajstić information content (AvgIpc) is 3.20. The molecule has 0 atom stereocenters. The lowest BCUT2D eigenvalue weighted by atomic mass is 10.0. The van der Waals surface area contributed by atoms with Crippen LogP contribution >= 0.6 is 23.6 Å². The molecule has 12 nitrogen and oxygen atoms in total. The first-order chi connectivity index (χ1) is 16.2. The van der Waals surface area contributed by atoms with Gasteiger partial charge in [0.2, 0.25) is 10.8 Å². The summed E-state index contributed by atoms with van der Waals surface area (Å²) in [6.45, 7) is 0. The summed E-state index contributed by atoms with van der Waals surface area (Å²) in [5, 5.41) is 26.1. The van der Waals surface area contributed by atoms with Crippen molar-refractivity contribution in [3.8, 4) is 11.1 Å². The van der Waals surface area contributed by atoms with Crippen LogP contribution in [-0.4, -0.2) is 26.0 Å². The highest BCUT2D eigenvalue weighted by Crippen LogP contribution is 2.36. The summed E-state index contributed by atoms with van der Waals surface area (Å²) in [7, 11) is 0. The van der Waals surface area contributed by atoms with Crippen molar-refractivity contribution < 1.29 is 14.3 Å². The number of fused-ring (bicyclic) bond motifs is 1. The fourth-order valence-electron chi connectivity index (χ4n) is 3.03. The summed E-state index contributed by atoms with van der Waals surface area (Å²) in [6, 6.07) is 11.3. The van der Waals surface area contributed by atoms with Gasteiger partial charge in [0, 0.05) is 29.8 Å². The zero-order chi connectivity index (χ0) is 24.4. The average molecular weight is 496 g/mol. The predicted octanol–water partition coefficient (Wildman–Crippen LogP) is 3.81. The van der Waals surface area contributed by atoms with E-state index in [2.05, 4.69) is 15.5 Å². The normalized spacial score (nSPS) is 11.1. The van der Waals surface area contributed by atoms with Gasteiger partial charge in [-0.15, -0.1) is 0 Å². The highest BCUT2D eigenvalue weighted by Gasteiger charge is 2.22. The monoisotopic (exact) mass is 496 g/mol. The molecule has 14 heteroatoms. The molecule has 170 valence electrons. The Morgan fingerprint density at radius 2 is 1.68 bits per heavy atom. The molecular weight excluding hydrogens is 484 g/mol. The Balaban J connectivity index is 1.72. The Bertz CT molecular complexity index is 1530. The van der Waals surface area contributed by atoms with E-state index in [-0.39, 0.29) is 32.8 Å². The zero-order valence-electron chi connectivity index (χ0n) is 16.8. The molecule has 0 saturated carbocycles. The highest BCUT2D eigenvalue weighted by atomic mass is 32.1. The molecule has 0 radical (unpaired) electrons. The van der Waals surface area contributed by atoms with Crippen molar-refractivity contribution in [2.45, 2.75) is 0 Å². The molecule has 0 saturated heterocycles. The first kappa shape index (κ1) is 22.6. The van der Waals surface area contributed by atoms with Gasteiger partial charge in [-0.2, -0.15) is 10.1 Å². The van der Waals surface area contributed by atoms with E-state index in [1.54, 1.807) is 0 Å². The number of hydrazone groups is 1. The topological polar surface area (TPSA) is 180 Å². The molecular formula is C20H12N6O6S2. The standard InChI is InChI=1S/C20H12N6O6S2/c21-17(33)15-14(11-3-7-13(8-4-11)26(30)31)16-18(32-19(15)27)23-20(34-16)24-22-9-10-1-5-12(6-2-10)25(28)29/h1-9H,(H2,21,33)(H,23,24)/b22-9+. The first-order valence-electron chi connectivity index (χ1n) is 9.30. The van der Waals surface area contributed by atoms with Gasteiger partial charge in [0.1, 0.15) is 15.3 Å². The van der Waals surface area contributed by atoms with E-state index < -0.39 is 15.5 Å². The van der Waals surface area contributed by atoms with Crippen LogP contribution in [0.1, 0.15) is 11.1 Å². The van der Waals surface area contributed by atoms with E-state index in [9.17, 15) is 25.0 Å². The number of rotatable bonds is 7. The second-order valence-electron chi connectivity index (χ2n) is 6.68. The molecule has 2 heterocycles. The van der Waals surface area contributed by atoms with Gasteiger partial charge in [-0.1, -0.05) is 23.6 Å². The predicted molar refractivity (Wildman–Crippen MR) is 130 cm³/mol. The van der Waals surface area contributed by atoms with Gasteiger partial charge < -0.3 is 10.2 Å². The fraction of sp³-hybridized carbons (Fsp3) is 0. The minimum Gasteiger partial charge on any atom is -0.402 e. The van der Waals surface area contributed by atoms with E-state index in [1.165, 1.54) is 54.7 Å². The van der Waals surface area contributed by atoms with Crippen LogP contribution in [-0.2, 0) is 0 Å². The molecule has 4 aromatic rings. The molecule has 0 bridgehead atoms. The Labute approximate surface area is 198 Å². The fourth-order valence-corrected chi connectivity index (χ4v) is 4.13. The molecule has 0 aliphatic heterocycles. The maximum absolute atomic E-state index is 12.6. The van der Waals surface area contributed by atoms with Crippen LogP contribution in [0.15, 0.2) is 62.8 Å². The van der Waals surface area contributed by atoms with Gasteiger partial charge in [0.05, 0.1) is 16.1 Å². The number of nitro benzene ring substituents is 2. The summed E-state index contributed by atoms with van der Waals surface area (Å²) < 4.78 is 5.71. The van der Waals surface area contributed by atoms with Crippen LogP contribution in [0.5, 0.6) is 0 Å². The van der Waals surface area contributed by atoms with Gasteiger partial charge in [0.25, 0.3) is 11.4 Å². The molecule has 2 aromatic carbocycles. The van der Waals surface area contributed by atoms with E-state index in [0.29, 0.717) is 21.4 Å². The van der Waals surface area contributed by atoms with E-state index in [1.807, 2.05) is 0 Å². The number of nitrogens with zero attached hydrogens (tertiary/aromatic N) is 4. The molecule has 0 aliphatic rings. The van der Waals surface area contributed by atoms with Crippen LogP contribution in [0.25, 0.3) is 21.5 Å². The number of thiazole rings is 1. The summed E-state index contributed by atoms with van der Waals surface area (Å²) in [5.41, 5.74) is 8.92. The number of hydrogen-bond donors (Lipinski definition) is 2. The summed E-state index contributed by atoms with van der Waals surface area (Å²) >= 11 is 6.14. The zero-order valence-corrected chi connectivity index (χ0v) is 18.5. The molecule has 0 fully saturated rings. The van der Waals surface area contributed by atoms with Crippen molar-refractivity contribution in [1.29, 1.82) is 0 Å². The van der Waals surface area contributed by atoms with Crippen LogP contribution in [0.3, 0.4) is 0 Å². The van der Waals surface area contributed by atoms with Crippen LogP contribution in [0, 0.1) is 20.2 Å². The Kier molecular flexibility index (Phi) is 6.07. The number of nitro groups is 2. The number of thiocarbonyl (C=S) groups is 1. The van der Waals surface area contributed by atoms with E-state index in [0.717, 1.165) is 11.3 Å². The van der Waals surface area contributed by atoms with Gasteiger partial charge in [0.15, 0.2) is 0 Å². The molecule has 34 heavy (non-hydrogen) atoms. The second-order valence-corrected chi connectivity index (χ2v) is 8.12. The molecule has 0 aliphatic carbocycles. The summed E-state index contributed by atoms with van der Waals surface area (Å²) in [5.74, 6) is 0. The number of hydrogen-bond acceptors (Lipinski definition) is 11. The van der Waals surface area contributed by atoms with E-state index in [4.69, 9.17) is 22.4 Å². The second kappa shape index (κ2) is 9.13. The molecule has 4 rings (SSSR count). The molecule has 3 N–H and O–H groups in total. The Morgan fingerprint density at radius 1 is 1.09 bits per heavy atom. The SMILES string of the molecule is NC(=S)c1c(-c2ccc([N+](=O)[O-])cc2)c2sc(N/N=C/c3ccc([N+](=O)[O-])cc3)nc2oc1=O. The maximum atomic E-state index is 12.6. The third-order valence-electron chi connectivity index (χ3n) is 4.56. The lowest BCUT2D eigenvalue weighted by molar-refractivity contribution is -0.385. The van der Waals surface area contributed by atoms with Crippen molar-refractivity contribution >= 4 is 61.7 Å². The number of aromatic nitrogens is 1. The van der Waals surface area contributed by atoms with Crippen molar-refractivity contribution in [2.75, 3.05) is 5.43 Å². The Morgan fingerprint density at radius 3 is 2.24 bits per heavy atom. The number of benzene rings is 2. The van der Waals surface area contributed by atoms with Gasteiger partial charge in [-0.3, -0.25) is 25.7 Å². The minimum absolute atomic E-state index is 0.0105. The third kappa shape index (κ3) is 4.48. The van der Waals surface area contributed by atoms with Gasteiger partial charge in [-0.05, 0) is 35.4 Å². The van der Waals surface area contributed by atoms with Crippen molar-refractivity contribution in [1.82, 2.24) is 4.98 Å². The molecule has 0 unspecified atom stereocenters. The Hall–Kier alpha value is -4.56. The van der Waals surface area contributed by atoms with Crippen molar-refractivity contribution in [2.24, 2.45) is 10.8 Å². The summed E-state index contributed by atoms with van der Waals surface area (Å²) in [4.78, 5) is 37.3. The number of anilines is 1. The summed E-state index contributed by atoms with van der Waals surface area (Å²) in [6.07, 6.45) is 1.43. The lowest BCUT2D eigenvalue weighted by Crippen LogP contribution is -2.21. The molecule has 0 amide bonds. The maximum Gasteiger partial charge on any atom is 0.348 e. The van der Waals surface area contributed by atoms with E-state index >= 15 is 0 Å². The van der Waals surface area contributed by atoms with Crippen LogP contribution < -0.4 is 16.8 Å². The molecule has 0 spiro atoms. The number of nitrogens with two attached hydrogens (primary N) is 1. The largest absolute Gasteiger partial charge is 0.402 e. The third-order valence-corrected chi connectivity index (χ3v) is 5.72. The quantitative estimate of drug-likeness (QED) is 0.165. The first-order valence-corrected chi connectivity index (χ1v) is 10.5. The highest BCUT2D eigenvalue weighted by molar-refractivity contribution is 7.80. The van der Waals surface area contributed by atoms with Crippen LogP contribution in [0.4, 0.5) is 16.5 Å². The number of non-ortho nitro benzene ring substituents is 2. The van der Waals surface area contributed by atoms with Crippen molar-refractivity contribution in [3.63, 3.8) is 0 Å². The minimum atomic E-state index is -0.792. The molecule has 2 aromatic heterocycles. The van der Waals surface area contributed by atoms with Crippen LogP contribution in [0.2, 0.25) is 0 Å². The smallest absolute Gasteiger partial charge is 0.348 e. The van der Waals surface area contributed by atoms with Gasteiger partial charge >= 0.3 is 5.63 Å². The van der Waals surface area contributed by atoms with Gasteiger partial charge in [-0.25, -0.2) is 4.79 Å². The lowest BCUT2D eigenvalue weighted by Gasteiger charge is -2.07.